The summed E-state index contributed by atoms with van der Waals surface area (Å²) in [7, 11) is -1.95. The van der Waals surface area contributed by atoms with Crippen LogP contribution in [-0.4, -0.2) is 57.1 Å². The van der Waals surface area contributed by atoms with Gasteiger partial charge in [0.1, 0.15) is 11.8 Å². The predicted octanol–water partition coefficient (Wildman–Crippen LogP) is 4.33. The molecule has 1 aliphatic carbocycles. The molecule has 2 amide bonds. The van der Waals surface area contributed by atoms with Crippen LogP contribution in [0.15, 0.2) is 42.5 Å². The fourth-order valence-corrected chi connectivity index (χ4v) is 5.91. The molecule has 0 unspecified atom stereocenters. The lowest BCUT2D eigenvalue weighted by molar-refractivity contribution is -0.141. The maximum absolute atomic E-state index is 13.5. The zero-order valence-electron chi connectivity index (χ0n) is 23.2. The third-order valence-electron chi connectivity index (χ3n) is 7.38. The number of amides is 2. The Labute approximate surface area is 227 Å². The number of anilines is 1. The van der Waals surface area contributed by atoms with Crippen LogP contribution >= 0.6 is 0 Å². The molecule has 8 nitrogen and oxygen atoms in total. The highest BCUT2D eigenvalue weighted by Crippen LogP contribution is 2.26. The normalized spacial score (nSPS) is 14.7. The van der Waals surface area contributed by atoms with Crippen LogP contribution < -0.4 is 14.4 Å². The average Bonchev–Trinajstić information content (AvgIpc) is 3.39. The molecule has 3 rings (SSSR count). The van der Waals surface area contributed by atoms with Gasteiger partial charge in [0.05, 0.1) is 19.1 Å². The number of sulfonamides is 1. The van der Waals surface area contributed by atoms with Crippen molar-refractivity contribution in [3.05, 3.63) is 59.2 Å². The van der Waals surface area contributed by atoms with Gasteiger partial charge in [0.15, 0.2) is 0 Å². The third-order valence-corrected chi connectivity index (χ3v) is 8.56. The minimum absolute atomic E-state index is 0.119. The average molecular weight is 544 g/mol. The molecule has 1 atom stereocenters. The lowest BCUT2D eigenvalue weighted by atomic mass is 10.1. The Bertz CT molecular complexity index is 1210. The summed E-state index contributed by atoms with van der Waals surface area (Å²) in [5, 5.41) is 3.10. The molecule has 1 saturated carbocycles. The zero-order valence-corrected chi connectivity index (χ0v) is 24.0. The number of ether oxygens (including phenoxy) is 1. The van der Waals surface area contributed by atoms with Gasteiger partial charge in [-0.1, -0.05) is 37.1 Å². The van der Waals surface area contributed by atoms with Crippen molar-refractivity contribution in [2.45, 2.75) is 77.9 Å². The van der Waals surface area contributed by atoms with Crippen molar-refractivity contribution in [1.82, 2.24) is 10.2 Å². The first-order valence-electron chi connectivity index (χ1n) is 13.3. The number of hydrogen-bond acceptors (Lipinski definition) is 5. The Kier molecular flexibility index (Phi) is 10.2. The lowest BCUT2D eigenvalue weighted by Crippen LogP contribution is -2.49. The quantitative estimate of drug-likeness (QED) is 0.430. The van der Waals surface area contributed by atoms with E-state index in [1.54, 1.807) is 25.0 Å². The van der Waals surface area contributed by atoms with Gasteiger partial charge in [-0.15, -0.1) is 0 Å². The second kappa shape index (κ2) is 13.1. The molecule has 2 aromatic carbocycles. The fraction of sp³-hybridized carbons (Fsp3) is 0.517. The number of aryl methyl sites for hydroxylation is 1. The van der Waals surface area contributed by atoms with Gasteiger partial charge < -0.3 is 15.0 Å². The van der Waals surface area contributed by atoms with Crippen molar-refractivity contribution >= 4 is 27.5 Å². The van der Waals surface area contributed by atoms with Gasteiger partial charge in [-0.25, -0.2) is 8.42 Å². The molecule has 0 saturated heterocycles. The van der Waals surface area contributed by atoms with Crippen LogP contribution in [0, 0.1) is 13.8 Å². The van der Waals surface area contributed by atoms with Crippen LogP contribution in [0.5, 0.6) is 5.75 Å². The minimum Gasteiger partial charge on any atom is -0.497 e. The predicted molar refractivity (Wildman–Crippen MR) is 151 cm³/mol. The highest BCUT2D eigenvalue weighted by molar-refractivity contribution is 7.92. The van der Waals surface area contributed by atoms with Crippen LogP contribution in [-0.2, 0) is 26.2 Å². The van der Waals surface area contributed by atoms with Crippen molar-refractivity contribution in [1.29, 1.82) is 0 Å². The molecular weight excluding hydrogens is 502 g/mol. The second-order valence-electron chi connectivity index (χ2n) is 10.2. The Morgan fingerprint density at radius 3 is 2.34 bits per heavy atom. The first-order chi connectivity index (χ1) is 18.0. The number of carbonyl (C=O) groups is 2. The lowest BCUT2D eigenvalue weighted by Gasteiger charge is -2.30. The third kappa shape index (κ3) is 7.72. The summed E-state index contributed by atoms with van der Waals surface area (Å²) >= 11 is 0. The Hall–Kier alpha value is -3.07. The Morgan fingerprint density at radius 1 is 1.08 bits per heavy atom. The number of methoxy groups -OCH3 is 1. The fourth-order valence-electron chi connectivity index (χ4n) is 4.89. The highest BCUT2D eigenvalue weighted by atomic mass is 32.2. The number of hydrogen-bond donors (Lipinski definition) is 1. The molecule has 38 heavy (non-hydrogen) atoms. The van der Waals surface area contributed by atoms with E-state index in [0.29, 0.717) is 17.9 Å². The van der Waals surface area contributed by atoms with Gasteiger partial charge in [-0.3, -0.25) is 13.9 Å². The SMILES string of the molecule is COc1ccc(CN(C(=O)CCCN(c2cccc(C)c2C)S(C)(=O)=O)[C@@H](C)C(=O)NC2CCCC2)cc1. The molecule has 9 heteroatoms. The smallest absolute Gasteiger partial charge is 0.242 e. The monoisotopic (exact) mass is 543 g/mol. The number of rotatable bonds is 12. The van der Waals surface area contributed by atoms with Crippen LogP contribution in [0.2, 0.25) is 0 Å². The van der Waals surface area contributed by atoms with E-state index in [4.69, 9.17) is 4.74 Å². The van der Waals surface area contributed by atoms with Crippen molar-refractivity contribution < 1.29 is 22.7 Å². The molecule has 0 bridgehead atoms. The zero-order chi connectivity index (χ0) is 27.9. The molecule has 1 aliphatic rings. The molecule has 0 aliphatic heterocycles. The Balaban J connectivity index is 1.74. The number of nitrogens with one attached hydrogen (secondary N) is 1. The van der Waals surface area contributed by atoms with E-state index in [1.807, 2.05) is 50.2 Å². The number of carbonyl (C=O) groups excluding carboxylic acids is 2. The van der Waals surface area contributed by atoms with Gasteiger partial charge in [-0.05, 0) is 74.9 Å². The van der Waals surface area contributed by atoms with Gasteiger partial charge in [0.2, 0.25) is 21.8 Å². The molecule has 1 N–H and O–H groups in total. The summed E-state index contributed by atoms with van der Waals surface area (Å²) < 4.78 is 31.9. The van der Waals surface area contributed by atoms with Crippen LogP contribution in [0.4, 0.5) is 5.69 Å². The van der Waals surface area contributed by atoms with E-state index in [9.17, 15) is 18.0 Å². The molecule has 0 heterocycles. The van der Waals surface area contributed by atoms with Crippen LogP contribution in [0.25, 0.3) is 0 Å². The summed E-state index contributed by atoms with van der Waals surface area (Å²) in [5.74, 6) is 0.363. The standard InChI is InChI=1S/C29H41N3O5S/c1-21-10-8-13-27(22(21)2)32(38(5,35)36)19-9-14-28(33)31(20-24-15-17-26(37-4)18-16-24)23(3)29(34)30-25-11-6-7-12-25/h8,10,13,15-18,23,25H,6-7,9,11-12,14,19-20H2,1-5H3,(H,30,34)/t23-/m0/s1. The van der Waals surface area contributed by atoms with Gasteiger partial charge in [-0.2, -0.15) is 0 Å². The summed E-state index contributed by atoms with van der Waals surface area (Å²) in [6, 6.07) is 12.5. The first kappa shape index (κ1) is 29.5. The summed E-state index contributed by atoms with van der Waals surface area (Å²) in [6.45, 7) is 6.04. The highest BCUT2D eigenvalue weighted by Gasteiger charge is 2.29. The van der Waals surface area contributed by atoms with Crippen molar-refractivity contribution in [2.75, 3.05) is 24.2 Å². The van der Waals surface area contributed by atoms with E-state index in [2.05, 4.69) is 5.32 Å². The first-order valence-corrected chi connectivity index (χ1v) is 15.1. The molecule has 2 aromatic rings. The molecule has 0 spiro atoms. The van der Waals surface area contributed by atoms with E-state index < -0.39 is 16.1 Å². The van der Waals surface area contributed by atoms with Gasteiger partial charge >= 0.3 is 0 Å². The Morgan fingerprint density at radius 2 is 1.74 bits per heavy atom. The van der Waals surface area contributed by atoms with Crippen LogP contribution in [0.1, 0.15) is 62.1 Å². The topological polar surface area (TPSA) is 96.0 Å². The summed E-state index contributed by atoms with van der Waals surface area (Å²) in [4.78, 5) is 28.2. The van der Waals surface area contributed by atoms with Crippen molar-refractivity contribution in [3.8, 4) is 5.75 Å². The maximum atomic E-state index is 13.5. The molecular formula is C29H41N3O5S. The minimum atomic E-state index is -3.54. The number of benzene rings is 2. The van der Waals surface area contributed by atoms with Crippen molar-refractivity contribution in [3.63, 3.8) is 0 Å². The number of nitrogens with zero attached hydrogens (tertiary/aromatic N) is 2. The van der Waals surface area contributed by atoms with E-state index in [0.717, 1.165) is 42.4 Å². The largest absolute Gasteiger partial charge is 0.497 e. The molecule has 0 radical (unpaired) electrons. The van der Waals surface area contributed by atoms with E-state index in [1.165, 1.54) is 10.6 Å². The van der Waals surface area contributed by atoms with Gasteiger partial charge in [0.25, 0.3) is 0 Å². The molecule has 0 aromatic heterocycles. The summed E-state index contributed by atoms with van der Waals surface area (Å²) in [5.41, 5.74) is 3.40. The molecule has 208 valence electrons. The van der Waals surface area contributed by atoms with Crippen molar-refractivity contribution in [2.24, 2.45) is 0 Å². The molecule has 1 fully saturated rings. The maximum Gasteiger partial charge on any atom is 0.242 e. The summed E-state index contributed by atoms with van der Waals surface area (Å²) in [6.07, 6.45) is 5.76. The van der Waals surface area contributed by atoms with E-state index in [-0.39, 0.29) is 37.4 Å². The van der Waals surface area contributed by atoms with E-state index >= 15 is 0 Å². The van der Waals surface area contributed by atoms with Gasteiger partial charge in [0, 0.05) is 25.6 Å². The second-order valence-corrected chi connectivity index (χ2v) is 12.1. The van der Waals surface area contributed by atoms with Crippen LogP contribution in [0.3, 0.4) is 0 Å².